The Labute approximate surface area is 99.5 Å². The molecule has 6 nitrogen and oxygen atoms in total. The molecule has 0 aliphatic rings. The van der Waals surface area contributed by atoms with Crippen LogP contribution in [0, 0.1) is 0 Å². The number of aromatic nitrogens is 1. The minimum atomic E-state index is -3.46. The van der Waals surface area contributed by atoms with Crippen molar-refractivity contribution < 1.29 is 22.8 Å². The highest BCUT2D eigenvalue weighted by Gasteiger charge is 2.18. The average Bonchev–Trinajstić information content (AvgIpc) is 2.63. The first kappa shape index (κ1) is 13.7. The fraction of sp³-hybridized carbons (Fsp3) is 0.600. The Bertz CT molecular complexity index is 489. The van der Waals surface area contributed by atoms with Crippen molar-refractivity contribution in [1.82, 2.24) is 5.16 Å². The van der Waals surface area contributed by atoms with Crippen LogP contribution >= 0.6 is 0 Å². The molecule has 1 rings (SSSR count). The molecule has 0 aliphatic carbocycles. The molecule has 0 fully saturated rings. The van der Waals surface area contributed by atoms with Crippen LogP contribution in [0.25, 0.3) is 0 Å². The highest BCUT2D eigenvalue weighted by atomic mass is 32.2. The highest BCUT2D eigenvalue weighted by molar-refractivity contribution is 7.90. The molecule has 0 unspecified atom stereocenters. The maximum Gasteiger partial charge on any atom is 0.304 e. The Morgan fingerprint density at radius 1 is 1.53 bits per heavy atom. The third kappa shape index (κ3) is 4.56. The second kappa shape index (κ2) is 5.31. The van der Waals surface area contributed by atoms with Gasteiger partial charge in [-0.25, -0.2) is 8.42 Å². The summed E-state index contributed by atoms with van der Waals surface area (Å²) in [5.74, 6) is -1.41. The average molecular weight is 261 g/mol. The fourth-order valence-electron chi connectivity index (χ4n) is 1.20. The van der Waals surface area contributed by atoms with Gasteiger partial charge in [-0.05, 0) is 5.92 Å². The van der Waals surface area contributed by atoms with Crippen molar-refractivity contribution >= 4 is 15.8 Å². The van der Waals surface area contributed by atoms with Crippen molar-refractivity contribution in [3.8, 4) is 0 Å². The van der Waals surface area contributed by atoms with Crippen LogP contribution < -0.4 is 0 Å². The molecule has 0 atom stereocenters. The van der Waals surface area contributed by atoms with E-state index in [0.717, 1.165) is 0 Å². The van der Waals surface area contributed by atoms with E-state index in [0.29, 0.717) is 5.69 Å². The largest absolute Gasteiger partial charge is 0.481 e. The second-order valence-electron chi connectivity index (χ2n) is 4.11. The van der Waals surface area contributed by atoms with E-state index in [1.165, 1.54) is 0 Å². The topological polar surface area (TPSA) is 97.5 Å². The van der Waals surface area contributed by atoms with Crippen LogP contribution in [0.2, 0.25) is 0 Å². The van der Waals surface area contributed by atoms with E-state index in [1.807, 2.05) is 13.8 Å². The van der Waals surface area contributed by atoms with Crippen LogP contribution in [-0.4, -0.2) is 30.4 Å². The van der Waals surface area contributed by atoms with E-state index in [9.17, 15) is 13.2 Å². The quantitative estimate of drug-likeness (QED) is 0.826. The summed E-state index contributed by atoms with van der Waals surface area (Å²) in [4.78, 5) is 10.3. The van der Waals surface area contributed by atoms with E-state index in [2.05, 4.69) is 5.16 Å². The van der Waals surface area contributed by atoms with Crippen LogP contribution in [0.5, 0.6) is 0 Å². The van der Waals surface area contributed by atoms with Gasteiger partial charge in [0.05, 0.1) is 17.9 Å². The van der Waals surface area contributed by atoms with Crippen LogP contribution in [-0.2, 0) is 20.4 Å². The van der Waals surface area contributed by atoms with Gasteiger partial charge in [0, 0.05) is 6.07 Å². The Hall–Kier alpha value is -1.37. The van der Waals surface area contributed by atoms with Gasteiger partial charge in [0.15, 0.2) is 15.6 Å². The Morgan fingerprint density at radius 2 is 2.18 bits per heavy atom. The number of carboxylic acid groups (broad SMARTS) is 1. The number of aliphatic carboxylic acids is 1. The number of sulfone groups is 1. The molecule has 0 aromatic carbocycles. The SMILES string of the molecule is CC(C)c1cc(CS(=O)(=O)CCC(=O)O)on1. The summed E-state index contributed by atoms with van der Waals surface area (Å²) in [6.07, 6.45) is -0.395. The molecular formula is C10H15NO5S. The molecular weight excluding hydrogens is 246 g/mol. The molecule has 1 aromatic rings. The summed E-state index contributed by atoms with van der Waals surface area (Å²) in [5.41, 5.74) is 0.688. The molecule has 1 aromatic heterocycles. The summed E-state index contributed by atoms with van der Waals surface area (Å²) in [6, 6.07) is 1.59. The lowest BCUT2D eigenvalue weighted by molar-refractivity contribution is -0.136. The van der Waals surface area contributed by atoms with Gasteiger partial charge in [0.1, 0.15) is 5.75 Å². The number of rotatable bonds is 6. The molecule has 7 heteroatoms. The summed E-state index contributed by atoms with van der Waals surface area (Å²) in [6.45, 7) is 3.83. The summed E-state index contributed by atoms with van der Waals surface area (Å²) in [7, 11) is -3.46. The predicted octanol–water partition coefficient (Wildman–Crippen LogP) is 1.19. The molecule has 1 N–H and O–H groups in total. The van der Waals surface area contributed by atoms with Gasteiger partial charge in [-0.2, -0.15) is 0 Å². The molecule has 0 aliphatic heterocycles. The predicted molar refractivity (Wildman–Crippen MR) is 60.3 cm³/mol. The molecule has 0 radical (unpaired) electrons. The van der Waals surface area contributed by atoms with Crippen LogP contribution in [0.1, 0.15) is 37.6 Å². The number of carbonyl (C=O) groups is 1. The fourth-order valence-corrected chi connectivity index (χ4v) is 2.40. The van der Waals surface area contributed by atoms with Crippen LogP contribution in [0.15, 0.2) is 10.6 Å². The number of hydrogen-bond donors (Lipinski definition) is 1. The lowest BCUT2D eigenvalue weighted by Gasteiger charge is -1.98. The van der Waals surface area contributed by atoms with Crippen molar-refractivity contribution in [3.05, 3.63) is 17.5 Å². The molecule has 0 saturated heterocycles. The molecule has 0 bridgehead atoms. The van der Waals surface area contributed by atoms with Crippen molar-refractivity contribution in [2.24, 2.45) is 0 Å². The molecule has 1 heterocycles. The van der Waals surface area contributed by atoms with E-state index in [4.69, 9.17) is 9.63 Å². The minimum Gasteiger partial charge on any atom is -0.481 e. The molecule has 96 valence electrons. The number of nitrogens with zero attached hydrogens (tertiary/aromatic N) is 1. The zero-order chi connectivity index (χ0) is 13.1. The van der Waals surface area contributed by atoms with Gasteiger partial charge in [0.25, 0.3) is 0 Å². The Balaban J connectivity index is 2.66. The lowest BCUT2D eigenvalue weighted by atomic mass is 10.1. The zero-order valence-electron chi connectivity index (χ0n) is 9.71. The third-order valence-corrected chi connectivity index (χ3v) is 3.71. The minimum absolute atomic E-state index is 0.161. The smallest absolute Gasteiger partial charge is 0.304 e. The standard InChI is InChI=1S/C10H15NO5S/c1-7(2)9-5-8(16-11-9)6-17(14,15)4-3-10(12)13/h5,7H,3-4,6H2,1-2H3,(H,12,13). The molecule has 0 saturated carbocycles. The van der Waals surface area contributed by atoms with Gasteiger partial charge >= 0.3 is 5.97 Å². The monoisotopic (exact) mass is 261 g/mol. The van der Waals surface area contributed by atoms with E-state index in [-0.39, 0.29) is 23.2 Å². The number of hydrogen-bond acceptors (Lipinski definition) is 5. The van der Waals surface area contributed by atoms with E-state index >= 15 is 0 Å². The Morgan fingerprint density at radius 3 is 2.65 bits per heavy atom. The van der Waals surface area contributed by atoms with Gasteiger partial charge in [-0.3, -0.25) is 4.79 Å². The van der Waals surface area contributed by atoms with Crippen molar-refractivity contribution in [1.29, 1.82) is 0 Å². The van der Waals surface area contributed by atoms with E-state index in [1.54, 1.807) is 6.07 Å². The summed E-state index contributed by atoms with van der Waals surface area (Å²) in [5, 5.41) is 12.2. The first-order valence-electron chi connectivity index (χ1n) is 5.18. The van der Waals surface area contributed by atoms with Crippen LogP contribution in [0.3, 0.4) is 0 Å². The lowest BCUT2D eigenvalue weighted by Crippen LogP contribution is -2.12. The van der Waals surface area contributed by atoms with Crippen molar-refractivity contribution in [3.63, 3.8) is 0 Å². The molecule has 17 heavy (non-hydrogen) atoms. The third-order valence-electron chi connectivity index (χ3n) is 2.16. The Kier molecular flexibility index (Phi) is 4.28. The highest BCUT2D eigenvalue weighted by Crippen LogP contribution is 2.16. The number of carboxylic acids is 1. The molecule has 0 amide bonds. The van der Waals surface area contributed by atoms with Gasteiger partial charge in [-0.1, -0.05) is 19.0 Å². The maximum atomic E-state index is 11.5. The van der Waals surface area contributed by atoms with Crippen molar-refractivity contribution in [2.75, 3.05) is 5.75 Å². The van der Waals surface area contributed by atoms with E-state index < -0.39 is 22.2 Å². The van der Waals surface area contributed by atoms with Crippen molar-refractivity contribution in [2.45, 2.75) is 31.9 Å². The zero-order valence-corrected chi connectivity index (χ0v) is 10.5. The molecule has 0 spiro atoms. The van der Waals surface area contributed by atoms with Crippen LogP contribution in [0.4, 0.5) is 0 Å². The van der Waals surface area contributed by atoms with Gasteiger partial charge in [0.2, 0.25) is 0 Å². The first-order valence-corrected chi connectivity index (χ1v) is 7.00. The summed E-state index contributed by atoms with van der Waals surface area (Å²) >= 11 is 0. The summed E-state index contributed by atoms with van der Waals surface area (Å²) < 4.78 is 28.0. The second-order valence-corrected chi connectivity index (χ2v) is 6.29. The van der Waals surface area contributed by atoms with Gasteiger partial charge in [-0.15, -0.1) is 0 Å². The first-order chi connectivity index (χ1) is 7.80. The van der Waals surface area contributed by atoms with Gasteiger partial charge < -0.3 is 9.63 Å². The normalized spacial score (nSPS) is 11.9. The maximum absolute atomic E-state index is 11.5.